The zero-order valence-corrected chi connectivity index (χ0v) is 8.58. The quantitative estimate of drug-likeness (QED) is 0.684. The second-order valence-corrected chi connectivity index (χ2v) is 4.57. The van der Waals surface area contributed by atoms with Crippen LogP contribution in [0.25, 0.3) is 0 Å². The number of rotatable bonds is 1. The summed E-state index contributed by atoms with van der Waals surface area (Å²) in [6.07, 6.45) is 5.58. The number of aliphatic hydroxyl groups excluding tert-OH is 1. The molecule has 1 saturated heterocycles. The lowest BCUT2D eigenvalue weighted by Gasteiger charge is -2.40. The molecule has 14 heavy (non-hydrogen) atoms. The number of likely N-dealkylation sites (tertiary alicyclic amines) is 1. The highest BCUT2D eigenvalue weighted by molar-refractivity contribution is 5.11. The van der Waals surface area contributed by atoms with Gasteiger partial charge in [-0.2, -0.15) is 5.26 Å². The molecule has 3 nitrogen and oxygen atoms in total. The molecule has 0 bridgehead atoms. The summed E-state index contributed by atoms with van der Waals surface area (Å²) in [6.45, 7) is 2.15. The summed E-state index contributed by atoms with van der Waals surface area (Å²) in [7, 11) is 0. The summed E-state index contributed by atoms with van der Waals surface area (Å²) < 4.78 is 0. The Bertz CT molecular complexity index is 232. The Morgan fingerprint density at radius 1 is 1.21 bits per heavy atom. The largest absolute Gasteiger partial charge is 0.393 e. The zero-order valence-electron chi connectivity index (χ0n) is 8.58. The Morgan fingerprint density at radius 2 is 1.79 bits per heavy atom. The summed E-state index contributed by atoms with van der Waals surface area (Å²) in [5.41, 5.74) is -0.240. The van der Waals surface area contributed by atoms with Crippen molar-refractivity contribution < 1.29 is 5.11 Å². The molecule has 0 aromatic carbocycles. The maximum Gasteiger partial charge on any atom is 0.109 e. The minimum Gasteiger partial charge on any atom is -0.393 e. The Hall–Kier alpha value is -0.590. The molecule has 0 spiro atoms. The fourth-order valence-electron chi connectivity index (χ4n) is 2.72. The van der Waals surface area contributed by atoms with Crippen LogP contribution in [0.5, 0.6) is 0 Å². The lowest BCUT2D eigenvalue weighted by molar-refractivity contribution is 0.0512. The summed E-state index contributed by atoms with van der Waals surface area (Å²) >= 11 is 0. The molecule has 2 aliphatic rings. The van der Waals surface area contributed by atoms with Crippen molar-refractivity contribution in [3.8, 4) is 6.07 Å². The number of hydrogen-bond donors (Lipinski definition) is 1. The second-order valence-electron chi connectivity index (χ2n) is 4.57. The van der Waals surface area contributed by atoms with Crippen LogP contribution in [0.15, 0.2) is 0 Å². The molecular formula is C11H18N2O. The van der Waals surface area contributed by atoms with E-state index in [1.54, 1.807) is 0 Å². The summed E-state index contributed by atoms with van der Waals surface area (Å²) in [5, 5.41) is 18.8. The first-order valence-corrected chi connectivity index (χ1v) is 5.61. The molecule has 1 heterocycles. The molecule has 2 fully saturated rings. The van der Waals surface area contributed by atoms with Gasteiger partial charge in [-0.15, -0.1) is 0 Å². The highest BCUT2D eigenvalue weighted by Gasteiger charge is 2.41. The van der Waals surface area contributed by atoms with E-state index in [2.05, 4.69) is 11.0 Å². The highest BCUT2D eigenvalue weighted by Crippen LogP contribution is 2.35. The van der Waals surface area contributed by atoms with E-state index >= 15 is 0 Å². The van der Waals surface area contributed by atoms with Crippen LogP contribution in [0.1, 0.15) is 38.5 Å². The van der Waals surface area contributed by atoms with Crippen molar-refractivity contribution in [2.45, 2.75) is 50.2 Å². The Morgan fingerprint density at radius 3 is 2.29 bits per heavy atom. The van der Waals surface area contributed by atoms with E-state index in [1.807, 2.05) is 0 Å². The highest BCUT2D eigenvalue weighted by atomic mass is 16.3. The van der Waals surface area contributed by atoms with Gasteiger partial charge in [0.1, 0.15) is 5.54 Å². The van der Waals surface area contributed by atoms with Gasteiger partial charge in [-0.3, -0.25) is 4.90 Å². The number of nitriles is 1. The smallest absolute Gasteiger partial charge is 0.109 e. The van der Waals surface area contributed by atoms with Crippen LogP contribution < -0.4 is 0 Å². The van der Waals surface area contributed by atoms with Gasteiger partial charge < -0.3 is 5.11 Å². The van der Waals surface area contributed by atoms with E-state index in [1.165, 1.54) is 12.8 Å². The van der Waals surface area contributed by atoms with Crippen LogP contribution in [0, 0.1) is 11.3 Å². The molecule has 0 unspecified atom stereocenters. The van der Waals surface area contributed by atoms with Gasteiger partial charge in [-0.25, -0.2) is 0 Å². The van der Waals surface area contributed by atoms with E-state index in [4.69, 9.17) is 0 Å². The maximum atomic E-state index is 9.45. The van der Waals surface area contributed by atoms with E-state index in [0.717, 1.165) is 38.8 Å². The maximum absolute atomic E-state index is 9.45. The average molecular weight is 194 g/mol. The lowest BCUT2D eigenvalue weighted by atomic mass is 9.80. The minimum absolute atomic E-state index is 0.168. The fraction of sp³-hybridized carbons (Fsp3) is 0.909. The van der Waals surface area contributed by atoms with Gasteiger partial charge in [-0.05, 0) is 51.6 Å². The Balaban J connectivity index is 2.06. The predicted octanol–water partition coefficient (Wildman–Crippen LogP) is 1.28. The van der Waals surface area contributed by atoms with Crippen molar-refractivity contribution in [1.29, 1.82) is 5.26 Å². The van der Waals surface area contributed by atoms with Crippen molar-refractivity contribution in [1.82, 2.24) is 4.90 Å². The predicted molar refractivity (Wildman–Crippen MR) is 53.6 cm³/mol. The lowest BCUT2D eigenvalue weighted by Crippen LogP contribution is -2.49. The molecule has 3 heteroatoms. The van der Waals surface area contributed by atoms with Gasteiger partial charge in [0.2, 0.25) is 0 Å². The van der Waals surface area contributed by atoms with Gasteiger partial charge in [0.15, 0.2) is 0 Å². The van der Waals surface area contributed by atoms with Crippen LogP contribution in [-0.4, -0.2) is 34.7 Å². The molecule has 0 aromatic heterocycles. The normalized spacial score (nSPS) is 39.6. The molecule has 0 radical (unpaired) electrons. The molecule has 0 aromatic rings. The van der Waals surface area contributed by atoms with Crippen molar-refractivity contribution in [2.24, 2.45) is 0 Å². The van der Waals surface area contributed by atoms with Crippen molar-refractivity contribution in [3.05, 3.63) is 0 Å². The first-order valence-electron chi connectivity index (χ1n) is 5.61. The fourth-order valence-corrected chi connectivity index (χ4v) is 2.72. The van der Waals surface area contributed by atoms with E-state index in [0.29, 0.717) is 0 Å². The summed E-state index contributed by atoms with van der Waals surface area (Å²) in [4.78, 5) is 2.33. The van der Waals surface area contributed by atoms with Gasteiger partial charge in [0.05, 0.1) is 12.2 Å². The summed E-state index contributed by atoms with van der Waals surface area (Å²) in [6, 6.07) is 2.49. The molecule has 1 N–H and O–H groups in total. The summed E-state index contributed by atoms with van der Waals surface area (Å²) in [5.74, 6) is 0. The zero-order chi connectivity index (χ0) is 10.0. The molecular weight excluding hydrogens is 176 g/mol. The van der Waals surface area contributed by atoms with E-state index in [9.17, 15) is 10.4 Å². The van der Waals surface area contributed by atoms with Crippen LogP contribution in [-0.2, 0) is 0 Å². The molecule has 1 saturated carbocycles. The minimum atomic E-state index is -0.240. The topological polar surface area (TPSA) is 47.3 Å². The number of nitrogens with zero attached hydrogens (tertiary/aromatic N) is 2. The number of aliphatic hydroxyl groups is 1. The average Bonchev–Trinajstić information content (AvgIpc) is 2.73. The molecule has 1 aliphatic carbocycles. The van der Waals surface area contributed by atoms with Crippen molar-refractivity contribution >= 4 is 0 Å². The third kappa shape index (κ3) is 1.65. The molecule has 2 rings (SSSR count). The van der Waals surface area contributed by atoms with Crippen molar-refractivity contribution in [3.63, 3.8) is 0 Å². The van der Waals surface area contributed by atoms with Crippen LogP contribution in [0.2, 0.25) is 0 Å². The molecule has 78 valence electrons. The SMILES string of the molecule is N#CC1(N2CCCC2)CCC(O)CC1. The van der Waals surface area contributed by atoms with E-state index < -0.39 is 0 Å². The third-order valence-corrected chi connectivity index (χ3v) is 3.70. The molecule has 0 amide bonds. The Kier molecular flexibility index (Phi) is 2.76. The van der Waals surface area contributed by atoms with Gasteiger partial charge in [-0.1, -0.05) is 0 Å². The standard InChI is InChI=1S/C11H18N2O/c12-9-11(13-7-1-2-8-13)5-3-10(14)4-6-11/h10,14H,1-8H2. The monoisotopic (exact) mass is 194 g/mol. The Labute approximate surface area is 85.3 Å². The first kappa shape index (κ1) is 9.95. The van der Waals surface area contributed by atoms with Crippen LogP contribution in [0.4, 0.5) is 0 Å². The van der Waals surface area contributed by atoms with Gasteiger partial charge >= 0.3 is 0 Å². The molecule has 0 atom stereocenters. The van der Waals surface area contributed by atoms with E-state index in [-0.39, 0.29) is 11.6 Å². The second kappa shape index (κ2) is 3.88. The van der Waals surface area contributed by atoms with Crippen LogP contribution >= 0.6 is 0 Å². The molecule has 1 aliphatic heterocycles. The first-order chi connectivity index (χ1) is 6.77. The van der Waals surface area contributed by atoms with Gasteiger partial charge in [0.25, 0.3) is 0 Å². The third-order valence-electron chi connectivity index (χ3n) is 3.70. The number of hydrogen-bond acceptors (Lipinski definition) is 3. The van der Waals surface area contributed by atoms with Crippen molar-refractivity contribution in [2.75, 3.05) is 13.1 Å². The van der Waals surface area contributed by atoms with Gasteiger partial charge in [0, 0.05) is 0 Å². The van der Waals surface area contributed by atoms with Crippen LogP contribution in [0.3, 0.4) is 0 Å².